The zero-order valence-electron chi connectivity index (χ0n) is 6.61. The molecule has 11 heavy (non-hydrogen) atoms. The van der Waals surface area contributed by atoms with Gasteiger partial charge in [-0.05, 0) is 18.6 Å². The molecule has 0 spiro atoms. The molecule has 0 atom stereocenters. The van der Waals surface area contributed by atoms with Gasteiger partial charge >= 0.3 is 0 Å². The van der Waals surface area contributed by atoms with E-state index in [0.29, 0.717) is 11.7 Å². The van der Waals surface area contributed by atoms with Crippen LogP contribution in [0, 0.1) is 0 Å². The predicted octanol–water partition coefficient (Wildman–Crippen LogP) is 1.77. The second kappa shape index (κ2) is 6.61. The first kappa shape index (κ1) is 10.9. The molecule has 0 amide bonds. The van der Waals surface area contributed by atoms with E-state index >= 15 is 0 Å². The van der Waals surface area contributed by atoms with Crippen molar-refractivity contribution < 1.29 is 0 Å². The lowest BCUT2D eigenvalue weighted by molar-refractivity contribution is 0.819. The van der Waals surface area contributed by atoms with Crippen LogP contribution >= 0.6 is 28.1 Å². The number of hydrogen-bond acceptors (Lipinski definition) is 1. The molecule has 2 N–H and O–H groups in total. The van der Waals surface area contributed by atoms with Crippen LogP contribution in [0.5, 0.6) is 0 Å². The van der Waals surface area contributed by atoms with Crippen molar-refractivity contribution in [1.29, 1.82) is 0 Å². The van der Waals surface area contributed by atoms with E-state index in [2.05, 4.69) is 40.1 Å². The lowest BCUT2D eigenvalue weighted by Crippen LogP contribution is -2.36. The summed E-state index contributed by atoms with van der Waals surface area (Å²) in [5.41, 5.74) is 0. The molecule has 0 saturated heterocycles. The lowest BCUT2D eigenvalue weighted by Gasteiger charge is -2.07. The van der Waals surface area contributed by atoms with Gasteiger partial charge < -0.3 is 10.6 Å². The molecule has 0 fully saturated rings. The fourth-order valence-electron chi connectivity index (χ4n) is 0.477. The number of rotatable bonds is 4. The molecule has 0 radical (unpaired) electrons. The molecule has 0 aromatic heterocycles. The van der Waals surface area contributed by atoms with E-state index in [4.69, 9.17) is 12.2 Å². The molecule has 2 nitrogen and oxygen atoms in total. The van der Waals surface area contributed by atoms with Crippen LogP contribution in [0.1, 0.15) is 13.3 Å². The molecule has 64 valence electrons. The van der Waals surface area contributed by atoms with Crippen molar-refractivity contribution in [2.45, 2.75) is 13.3 Å². The molecule has 0 unspecified atom stereocenters. The predicted molar refractivity (Wildman–Crippen MR) is 57.0 cm³/mol. The molecule has 0 aromatic rings. The molecular weight excluding hydrogens is 224 g/mol. The average molecular weight is 237 g/mol. The minimum atomic E-state index is 0.676. The van der Waals surface area contributed by atoms with Crippen molar-refractivity contribution in [3.63, 3.8) is 0 Å². The van der Waals surface area contributed by atoms with Crippen molar-refractivity contribution in [2.24, 2.45) is 0 Å². The summed E-state index contributed by atoms with van der Waals surface area (Å²) in [6.07, 6.45) is 1.08. The van der Waals surface area contributed by atoms with Crippen LogP contribution in [0.25, 0.3) is 0 Å². The van der Waals surface area contributed by atoms with E-state index in [1.165, 1.54) is 0 Å². The summed E-state index contributed by atoms with van der Waals surface area (Å²) in [5.74, 6) is 0. The van der Waals surface area contributed by atoms with Crippen molar-refractivity contribution in [2.75, 3.05) is 13.1 Å². The number of nitrogens with one attached hydrogen (secondary N) is 2. The monoisotopic (exact) mass is 236 g/mol. The fourth-order valence-corrected chi connectivity index (χ4v) is 0.792. The fraction of sp³-hybridized carbons (Fsp3) is 0.571. The van der Waals surface area contributed by atoms with Crippen LogP contribution in [0.4, 0.5) is 0 Å². The lowest BCUT2D eigenvalue weighted by atomic mass is 10.5. The Labute approximate surface area is 81.6 Å². The van der Waals surface area contributed by atoms with E-state index in [9.17, 15) is 0 Å². The second-order valence-corrected chi connectivity index (χ2v) is 3.66. The van der Waals surface area contributed by atoms with Gasteiger partial charge in [0.2, 0.25) is 0 Å². The normalized spacial score (nSPS) is 8.91. The van der Waals surface area contributed by atoms with Gasteiger partial charge in [-0.2, -0.15) is 0 Å². The average Bonchev–Trinajstić information content (AvgIpc) is 1.97. The van der Waals surface area contributed by atoms with Gasteiger partial charge in [0.05, 0.1) is 0 Å². The minimum absolute atomic E-state index is 0.676. The van der Waals surface area contributed by atoms with Gasteiger partial charge in [0.25, 0.3) is 0 Å². The third-order valence-electron chi connectivity index (χ3n) is 0.976. The third kappa shape index (κ3) is 7.81. The second-order valence-electron chi connectivity index (χ2n) is 2.13. The maximum Gasteiger partial charge on any atom is 0.166 e. The summed E-state index contributed by atoms with van der Waals surface area (Å²) in [6, 6.07) is 0. The maximum absolute atomic E-state index is 4.95. The standard InChI is InChI=1S/C7H13BrN2S/c1-3-4-9-7(11)10-5-6(2)8/h2-5H2,1H3,(H2,9,10,11). The number of hydrogen-bond donors (Lipinski definition) is 2. The first-order valence-electron chi connectivity index (χ1n) is 3.51. The smallest absolute Gasteiger partial charge is 0.166 e. The first-order chi connectivity index (χ1) is 5.16. The summed E-state index contributed by atoms with van der Waals surface area (Å²) in [5, 5.41) is 6.72. The molecule has 0 aromatic carbocycles. The van der Waals surface area contributed by atoms with Gasteiger partial charge in [-0.1, -0.05) is 29.4 Å². The summed E-state index contributed by atoms with van der Waals surface area (Å²) in [4.78, 5) is 0. The van der Waals surface area contributed by atoms with Crippen LogP contribution in [-0.4, -0.2) is 18.2 Å². The molecule has 0 heterocycles. The third-order valence-corrected chi connectivity index (χ3v) is 1.55. The van der Waals surface area contributed by atoms with Crippen LogP contribution in [0.15, 0.2) is 11.1 Å². The van der Waals surface area contributed by atoms with Crippen molar-refractivity contribution >= 4 is 33.3 Å². The summed E-state index contributed by atoms with van der Waals surface area (Å²) in [6.45, 7) is 7.36. The van der Waals surface area contributed by atoms with Crippen molar-refractivity contribution in [3.8, 4) is 0 Å². The summed E-state index contributed by atoms with van der Waals surface area (Å²) >= 11 is 8.18. The topological polar surface area (TPSA) is 24.1 Å². The molecule has 0 aliphatic carbocycles. The maximum atomic E-state index is 4.95. The van der Waals surface area contributed by atoms with Crippen LogP contribution in [-0.2, 0) is 0 Å². The number of thiocarbonyl (C=S) groups is 1. The van der Waals surface area contributed by atoms with Crippen molar-refractivity contribution in [1.82, 2.24) is 10.6 Å². The Morgan fingerprint density at radius 1 is 1.55 bits per heavy atom. The van der Waals surface area contributed by atoms with E-state index in [1.807, 2.05) is 0 Å². The van der Waals surface area contributed by atoms with Gasteiger partial charge in [-0.25, -0.2) is 0 Å². The quantitative estimate of drug-likeness (QED) is 0.729. The highest BCUT2D eigenvalue weighted by atomic mass is 79.9. The zero-order valence-corrected chi connectivity index (χ0v) is 9.02. The van der Waals surface area contributed by atoms with Gasteiger partial charge in [-0.3, -0.25) is 0 Å². The van der Waals surface area contributed by atoms with E-state index < -0.39 is 0 Å². The van der Waals surface area contributed by atoms with Gasteiger partial charge in [-0.15, -0.1) is 0 Å². The largest absolute Gasteiger partial charge is 0.363 e. The van der Waals surface area contributed by atoms with Crippen LogP contribution in [0.3, 0.4) is 0 Å². The highest BCUT2D eigenvalue weighted by Crippen LogP contribution is 1.95. The Kier molecular flexibility index (Phi) is 6.56. The van der Waals surface area contributed by atoms with E-state index in [0.717, 1.165) is 17.4 Å². The Morgan fingerprint density at radius 2 is 2.18 bits per heavy atom. The Balaban J connectivity index is 3.30. The van der Waals surface area contributed by atoms with Crippen molar-refractivity contribution in [3.05, 3.63) is 11.1 Å². The van der Waals surface area contributed by atoms with E-state index in [1.54, 1.807) is 0 Å². The molecule has 0 saturated carbocycles. The number of halogens is 1. The zero-order chi connectivity index (χ0) is 8.69. The molecular formula is C7H13BrN2S. The van der Waals surface area contributed by atoms with Gasteiger partial charge in [0.1, 0.15) is 0 Å². The Hall–Kier alpha value is -0.0900. The minimum Gasteiger partial charge on any atom is -0.363 e. The van der Waals surface area contributed by atoms with Gasteiger partial charge in [0.15, 0.2) is 5.11 Å². The summed E-state index contributed by atoms with van der Waals surface area (Å²) in [7, 11) is 0. The molecule has 0 bridgehead atoms. The Bertz CT molecular complexity index is 147. The van der Waals surface area contributed by atoms with E-state index in [-0.39, 0.29) is 0 Å². The molecule has 0 aliphatic rings. The molecule has 4 heteroatoms. The first-order valence-corrected chi connectivity index (χ1v) is 4.72. The Morgan fingerprint density at radius 3 is 2.64 bits per heavy atom. The van der Waals surface area contributed by atoms with Crippen LogP contribution < -0.4 is 10.6 Å². The van der Waals surface area contributed by atoms with Crippen LogP contribution in [0.2, 0.25) is 0 Å². The molecule has 0 aliphatic heterocycles. The highest BCUT2D eigenvalue weighted by molar-refractivity contribution is 9.11. The summed E-state index contributed by atoms with van der Waals surface area (Å²) < 4.78 is 0.901. The highest BCUT2D eigenvalue weighted by Gasteiger charge is 1.92. The van der Waals surface area contributed by atoms with Gasteiger partial charge in [0, 0.05) is 17.6 Å². The SMILES string of the molecule is C=C(Br)CNC(=S)NCCC. The molecule has 0 rings (SSSR count).